The van der Waals surface area contributed by atoms with Crippen LogP contribution >= 0.6 is 17.9 Å². The second-order valence-corrected chi connectivity index (χ2v) is 8.65. The van der Waals surface area contributed by atoms with Crippen LogP contribution in [-0.2, 0) is 4.57 Å². The van der Waals surface area contributed by atoms with Gasteiger partial charge in [-0.2, -0.15) is 0 Å². The minimum Gasteiger partial charge on any atom is -0.324 e. The van der Waals surface area contributed by atoms with Crippen LogP contribution in [0, 0.1) is 6.92 Å². The maximum Gasteiger partial charge on any atom is 0.257 e. The molecule has 1 unspecified atom stereocenters. The van der Waals surface area contributed by atoms with Gasteiger partial charge in [0.05, 0.1) is 5.69 Å². The zero-order valence-electron chi connectivity index (χ0n) is 9.38. The molecule has 0 saturated carbocycles. The number of hydrogen-bond donors (Lipinski definition) is 1. The van der Waals surface area contributed by atoms with Gasteiger partial charge in [-0.1, -0.05) is 24.3 Å². The van der Waals surface area contributed by atoms with Crippen LogP contribution in [0.25, 0.3) is 0 Å². The van der Waals surface area contributed by atoms with Gasteiger partial charge in [0.15, 0.2) is 0 Å². The number of benzene rings is 2. The lowest BCUT2D eigenvalue weighted by molar-refractivity contribution is 0.593. The van der Waals surface area contributed by atoms with Crippen LogP contribution in [0.3, 0.4) is 0 Å². The molecular weight excluding hydrogens is 249 g/mol. The molecule has 0 aliphatic carbocycles. The van der Waals surface area contributed by atoms with Gasteiger partial charge in [-0.3, -0.25) is 4.57 Å². The summed E-state index contributed by atoms with van der Waals surface area (Å²) in [5.41, 5.74) is 2.17. The summed E-state index contributed by atoms with van der Waals surface area (Å²) in [6.45, 7) is -0.517. The molecule has 86 valence electrons. The second kappa shape index (κ2) is 3.94. The quantitative estimate of drug-likeness (QED) is 0.786. The van der Waals surface area contributed by atoms with Gasteiger partial charge in [-0.15, -0.1) is 0 Å². The summed E-state index contributed by atoms with van der Waals surface area (Å²) in [6, 6.07) is 15.7. The van der Waals surface area contributed by atoms with E-state index in [4.69, 9.17) is 0 Å². The van der Waals surface area contributed by atoms with Crippen molar-refractivity contribution in [1.29, 1.82) is 0 Å². The first-order chi connectivity index (χ1) is 8.17. The summed E-state index contributed by atoms with van der Waals surface area (Å²) in [4.78, 5) is 1.07. The Morgan fingerprint density at radius 2 is 1.88 bits per heavy atom. The number of fused-ring (bicyclic) bond motifs is 1. The Balaban J connectivity index is 2.03. The largest absolute Gasteiger partial charge is 0.324 e. The Hall–Kier alpha value is -1.18. The summed E-state index contributed by atoms with van der Waals surface area (Å²) in [5, 5.41) is 4.06. The fourth-order valence-electron chi connectivity index (χ4n) is 1.87. The molecule has 1 N–H and O–H groups in total. The Morgan fingerprint density at radius 3 is 2.65 bits per heavy atom. The molecule has 2 aromatic carbocycles. The summed E-state index contributed by atoms with van der Waals surface area (Å²) in [5.74, 6) is 0. The third kappa shape index (κ3) is 1.90. The lowest BCUT2D eigenvalue weighted by Gasteiger charge is -2.10. The van der Waals surface area contributed by atoms with E-state index in [0.717, 1.165) is 15.9 Å². The summed E-state index contributed by atoms with van der Waals surface area (Å²) in [7, 11) is 0. The Morgan fingerprint density at radius 1 is 1.12 bits per heavy atom. The van der Waals surface area contributed by atoms with Crippen LogP contribution in [0.1, 0.15) is 5.56 Å². The van der Waals surface area contributed by atoms with Crippen LogP contribution in [0.4, 0.5) is 5.69 Å². The van der Waals surface area contributed by atoms with Crippen molar-refractivity contribution in [3.05, 3.63) is 54.1 Å². The molecule has 3 rings (SSSR count). The summed E-state index contributed by atoms with van der Waals surface area (Å²) in [6.07, 6.45) is 0. The lowest BCUT2D eigenvalue weighted by Crippen LogP contribution is -2.04. The van der Waals surface area contributed by atoms with Gasteiger partial charge in [0, 0.05) is 10.2 Å². The summed E-state index contributed by atoms with van der Waals surface area (Å²) < 4.78 is 12.8. The standard InChI is InChI=1S/C13H12NOPS/c1-10-7-8-13-12(9-10)14-16(15,17-13)11-5-3-2-4-6-11/h2-9H,1H3,(H,14,15). The van der Waals surface area contributed by atoms with Crippen molar-refractivity contribution in [3.63, 3.8) is 0 Å². The molecule has 1 aliphatic rings. The van der Waals surface area contributed by atoms with E-state index < -0.39 is 6.49 Å². The van der Waals surface area contributed by atoms with Crippen LogP contribution < -0.4 is 10.4 Å². The molecule has 0 spiro atoms. The van der Waals surface area contributed by atoms with Gasteiger partial charge in [-0.05, 0) is 48.1 Å². The van der Waals surface area contributed by atoms with E-state index in [9.17, 15) is 4.57 Å². The molecule has 0 fully saturated rings. The van der Waals surface area contributed by atoms with Crippen molar-refractivity contribution >= 4 is 28.9 Å². The van der Waals surface area contributed by atoms with Crippen LogP contribution in [0.5, 0.6) is 0 Å². The molecule has 1 atom stereocenters. The van der Waals surface area contributed by atoms with Crippen LogP contribution in [0.15, 0.2) is 53.4 Å². The fraction of sp³-hybridized carbons (Fsp3) is 0.0769. The highest BCUT2D eigenvalue weighted by Crippen LogP contribution is 2.67. The fourth-order valence-corrected chi connectivity index (χ4v) is 6.33. The van der Waals surface area contributed by atoms with Crippen molar-refractivity contribution in [3.8, 4) is 0 Å². The van der Waals surface area contributed by atoms with E-state index in [1.54, 1.807) is 0 Å². The highest BCUT2D eigenvalue weighted by Gasteiger charge is 2.33. The molecule has 4 heteroatoms. The van der Waals surface area contributed by atoms with Crippen molar-refractivity contribution < 1.29 is 4.57 Å². The average Bonchev–Trinajstić information content (AvgIpc) is 2.67. The topological polar surface area (TPSA) is 29.1 Å². The maximum absolute atomic E-state index is 12.8. The molecule has 17 heavy (non-hydrogen) atoms. The zero-order valence-corrected chi connectivity index (χ0v) is 11.1. The third-order valence-electron chi connectivity index (χ3n) is 2.73. The van der Waals surface area contributed by atoms with Gasteiger partial charge in [0.1, 0.15) is 0 Å². The van der Waals surface area contributed by atoms with Gasteiger partial charge < -0.3 is 5.09 Å². The SMILES string of the molecule is Cc1ccc2c(c1)NP(=O)(c1ccccc1)S2. The normalized spacial score (nSPS) is 21.9. The van der Waals surface area contributed by atoms with E-state index in [1.807, 2.05) is 55.5 Å². The first kappa shape index (κ1) is 10.9. The van der Waals surface area contributed by atoms with E-state index in [0.29, 0.717) is 0 Å². The number of nitrogens with one attached hydrogen (secondary N) is 1. The third-order valence-corrected chi connectivity index (χ3v) is 7.32. The number of rotatable bonds is 1. The van der Waals surface area contributed by atoms with Crippen molar-refractivity contribution in [1.82, 2.24) is 0 Å². The minimum absolute atomic E-state index is 0.874. The van der Waals surface area contributed by atoms with Gasteiger partial charge in [0.25, 0.3) is 6.49 Å². The second-order valence-electron chi connectivity index (χ2n) is 4.09. The Bertz CT molecular complexity index is 612. The van der Waals surface area contributed by atoms with Crippen LogP contribution in [0.2, 0.25) is 0 Å². The van der Waals surface area contributed by atoms with Crippen molar-refractivity contribution in [2.75, 3.05) is 5.09 Å². The molecule has 2 nitrogen and oxygen atoms in total. The molecule has 1 heterocycles. The molecule has 1 aliphatic heterocycles. The average molecular weight is 261 g/mol. The smallest absolute Gasteiger partial charge is 0.257 e. The van der Waals surface area contributed by atoms with Gasteiger partial charge >= 0.3 is 0 Å². The minimum atomic E-state index is -2.56. The molecule has 0 radical (unpaired) electrons. The highest BCUT2D eigenvalue weighted by molar-refractivity contribution is 8.61. The zero-order chi connectivity index (χ0) is 11.9. The molecule has 0 saturated heterocycles. The maximum atomic E-state index is 12.8. The lowest BCUT2D eigenvalue weighted by atomic mass is 10.2. The van der Waals surface area contributed by atoms with Gasteiger partial charge in [-0.25, -0.2) is 0 Å². The van der Waals surface area contributed by atoms with E-state index >= 15 is 0 Å². The van der Waals surface area contributed by atoms with Gasteiger partial charge in [0.2, 0.25) is 0 Å². The Kier molecular flexibility index (Phi) is 2.53. The highest BCUT2D eigenvalue weighted by atomic mass is 32.7. The van der Waals surface area contributed by atoms with E-state index in [2.05, 4.69) is 5.09 Å². The number of hydrogen-bond acceptors (Lipinski definition) is 2. The predicted molar refractivity (Wildman–Crippen MR) is 74.3 cm³/mol. The number of anilines is 1. The molecule has 0 aromatic heterocycles. The van der Waals surface area contributed by atoms with Crippen molar-refractivity contribution in [2.45, 2.75) is 11.8 Å². The predicted octanol–water partition coefficient (Wildman–Crippen LogP) is 4.03. The first-order valence-electron chi connectivity index (χ1n) is 5.42. The van der Waals surface area contributed by atoms with Crippen molar-refractivity contribution in [2.24, 2.45) is 0 Å². The van der Waals surface area contributed by atoms with E-state index in [1.165, 1.54) is 16.9 Å². The van der Waals surface area contributed by atoms with E-state index in [-0.39, 0.29) is 0 Å². The monoisotopic (exact) mass is 261 g/mol. The molecule has 2 aromatic rings. The molecular formula is C13H12NOPS. The number of aryl methyl sites for hydroxylation is 1. The Labute approximate surface area is 105 Å². The first-order valence-corrected chi connectivity index (χ1v) is 8.54. The summed E-state index contributed by atoms with van der Waals surface area (Å²) >= 11 is 1.44. The molecule has 0 amide bonds. The van der Waals surface area contributed by atoms with Crippen LogP contribution in [-0.4, -0.2) is 0 Å². The molecule has 0 bridgehead atoms.